The fourth-order valence-electron chi connectivity index (χ4n) is 2.72. The second-order valence-corrected chi connectivity index (χ2v) is 5.57. The lowest BCUT2D eigenvalue weighted by Crippen LogP contribution is -2.38. The SMILES string of the molecule is CN(C)[C@H](CNC(=O)C1CCCCC1)c1ccco1. The molecule has 19 heavy (non-hydrogen) atoms. The number of carbonyl (C=O) groups is 1. The first-order chi connectivity index (χ1) is 9.18. The molecular formula is C15H24N2O2. The highest BCUT2D eigenvalue weighted by Gasteiger charge is 2.23. The molecule has 0 aromatic carbocycles. The zero-order valence-electron chi connectivity index (χ0n) is 11.9. The fourth-order valence-corrected chi connectivity index (χ4v) is 2.72. The van der Waals surface area contributed by atoms with Crippen molar-refractivity contribution < 1.29 is 9.21 Å². The van der Waals surface area contributed by atoms with Gasteiger partial charge < -0.3 is 9.73 Å². The molecule has 106 valence electrons. The van der Waals surface area contributed by atoms with Crippen LogP contribution in [0.15, 0.2) is 22.8 Å². The molecule has 0 spiro atoms. The molecule has 0 aliphatic heterocycles. The number of nitrogens with zero attached hydrogens (tertiary/aromatic N) is 1. The molecular weight excluding hydrogens is 240 g/mol. The van der Waals surface area contributed by atoms with E-state index in [9.17, 15) is 4.79 Å². The van der Waals surface area contributed by atoms with Crippen molar-refractivity contribution in [2.24, 2.45) is 5.92 Å². The van der Waals surface area contributed by atoms with Crippen molar-refractivity contribution in [3.63, 3.8) is 0 Å². The molecule has 1 aromatic heterocycles. The van der Waals surface area contributed by atoms with Gasteiger partial charge in [-0.3, -0.25) is 9.69 Å². The lowest BCUT2D eigenvalue weighted by Gasteiger charge is -2.25. The minimum Gasteiger partial charge on any atom is -0.468 e. The standard InChI is InChI=1S/C15H24N2O2/c1-17(2)13(14-9-6-10-19-14)11-16-15(18)12-7-4-3-5-8-12/h6,9-10,12-13H,3-5,7-8,11H2,1-2H3,(H,16,18)/t13-/m1/s1. The summed E-state index contributed by atoms with van der Waals surface area (Å²) in [6.07, 6.45) is 7.41. The van der Waals surface area contributed by atoms with Gasteiger partial charge in [-0.1, -0.05) is 19.3 Å². The molecule has 4 nitrogen and oxygen atoms in total. The van der Waals surface area contributed by atoms with Crippen molar-refractivity contribution >= 4 is 5.91 Å². The van der Waals surface area contributed by atoms with E-state index in [-0.39, 0.29) is 17.9 Å². The Labute approximate surface area is 115 Å². The van der Waals surface area contributed by atoms with Crippen LogP contribution >= 0.6 is 0 Å². The van der Waals surface area contributed by atoms with Crippen LogP contribution in [0.2, 0.25) is 0 Å². The molecule has 0 radical (unpaired) electrons. The van der Waals surface area contributed by atoms with E-state index in [1.54, 1.807) is 6.26 Å². The van der Waals surface area contributed by atoms with Crippen molar-refractivity contribution in [2.45, 2.75) is 38.1 Å². The predicted octanol–water partition coefficient (Wildman–Crippen LogP) is 2.58. The summed E-state index contributed by atoms with van der Waals surface area (Å²) in [5, 5.41) is 3.08. The van der Waals surface area contributed by atoms with Crippen LogP contribution in [0.25, 0.3) is 0 Å². The van der Waals surface area contributed by atoms with E-state index < -0.39 is 0 Å². The zero-order chi connectivity index (χ0) is 13.7. The molecule has 1 aliphatic carbocycles. The molecule has 1 saturated carbocycles. The quantitative estimate of drug-likeness (QED) is 0.889. The fraction of sp³-hybridized carbons (Fsp3) is 0.667. The predicted molar refractivity (Wildman–Crippen MR) is 74.7 cm³/mol. The van der Waals surface area contributed by atoms with E-state index in [2.05, 4.69) is 10.2 Å². The molecule has 2 rings (SSSR count). The minimum absolute atomic E-state index is 0.0996. The average Bonchev–Trinajstić information content (AvgIpc) is 2.93. The highest BCUT2D eigenvalue weighted by molar-refractivity contribution is 5.78. The van der Waals surface area contributed by atoms with Crippen molar-refractivity contribution in [2.75, 3.05) is 20.6 Å². The van der Waals surface area contributed by atoms with E-state index in [1.165, 1.54) is 19.3 Å². The lowest BCUT2D eigenvalue weighted by atomic mass is 9.88. The van der Waals surface area contributed by atoms with E-state index in [1.807, 2.05) is 26.2 Å². The van der Waals surface area contributed by atoms with Crippen LogP contribution in [-0.4, -0.2) is 31.4 Å². The molecule has 1 fully saturated rings. The number of rotatable bonds is 5. The lowest BCUT2D eigenvalue weighted by molar-refractivity contribution is -0.126. The van der Waals surface area contributed by atoms with Gasteiger partial charge in [-0.2, -0.15) is 0 Å². The maximum Gasteiger partial charge on any atom is 0.223 e. The summed E-state index contributed by atoms with van der Waals surface area (Å²) < 4.78 is 5.44. The second-order valence-electron chi connectivity index (χ2n) is 5.57. The van der Waals surface area contributed by atoms with Crippen LogP contribution in [0.3, 0.4) is 0 Å². The number of nitrogens with one attached hydrogen (secondary N) is 1. The van der Waals surface area contributed by atoms with E-state index in [0.717, 1.165) is 18.6 Å². The highest BCUT2D eigenvalue weighted by Crippen LogP contribution is 2.24. The van der Waals surface area contributed by atoms with Gasteiger partial charge >= 0.3 is 0 Å². The Morgan fingerprint density at radius 2 is 2.16 bits per heavy atom. The molecule has 1 N–H and O–H groups in total. The van der Waals surface area contributed by atoms with Gasteiger partial charge in [-0.25, -0.2) is 0 Å². The molecule has 1 heterocycles. The summed E-state index contributed by atoms with van der Waals surface area (Å²) in [4.78, 5) is 14.2. The molecule has 1 amide bonds. The Morgan fingerprint density at radius 3 is 2.74 bits per heavy atom. The Hall–Kier alpha value is -1.29. The van der Waals surface area contributed by atoms with Crippen LogP contribution in [0.1, 0.15) is 43.9 Å². The largest absolute Gasteiger partial charge is 0.468 e. The van der Waals surface area contributed by atoms with Crippen LogP contribution in [0, 0.1) is 5.92 Å². The van der Waals surface area contributed by atoms with Gasteiger partial charge in [0.05, 0.1) is 12.3 Å². The van der Waals surface area contributed by atoms with Crippen molar-refractivity contribution in [3.05, 3.63) is 24.2 Å². The normalized spacial score (nSPS) is 18.5. The number of amides is 1. The minimum atomic E-state index is 0.0996. The maximum absolute atomic E-state index is 12.1. The number of furan rings is 1. The molecule has 0 saturated heterocycles. The average molecular weight is 264 g/mol. The number of hydrogen-bond donors (Lipinski definition) is 1. The third-order valence-corrected chi connectivity index (χ3v) is 3.94. The van der Waals surface area contributed by atoms with Crippen LogP contribution in [-0.2, 0) is 4.79 Å². The Bertz CT molecular complexity index is 381. The van der Waals surface area contributed by atoms with E-state index >= 15 is 0 Å². The number of carbonyl (C=O) groups excluding carboxylic acids is 1. The van der Waals surface area contributed by atoms with Gasteiger partial charge in [-0.05, 0) is 39.1 Å². The zero-order valence-corrected chi connectivity index (χ0v) is 11.9. The van der Waals surface area contributed by atoms with Crippen molar-refractivity contribution in [1.82, 2.24) is 10.2 Å². The Morgan fingerprint density at radius 1 is 1.42 bits per heavy atom. The van der Waals surface area contributed by atoms with Crippen molar-refractivity contribution in [1.29, 1.82) is 0 Å². The third-order valence-electron chi connectivity index (χ3n) is 3.94. The molecule has 1 atom stereocenters. The van der Waals surface area contributed by atoms with Gasteiger partial charge in [0.1, 0.15) is 5.76 Å². The molecule has 1 aliphatic rings. The first kappa shape index (κ1) is 14.1. The van der Waals surface area contributed by atoms with Crippen LogP contribution < -0.4 is 5.32 Å². The Balaban J connectivity index is 1.86. The summed E-state index contributed by atoms with van der Waals surface area (Å²) in [5.41, 5.74) is 0. The first-order valence-corrected chi connectivity index (χ1v) is 7.16. The molecule has 0 unspecified atom stereocenters. The summed E-state index contributed by atoms with van der Waals surface area (Å²) in [6, 6.07) is 3.94. The second kappa shape index (κ2) is 6.75. The summed E-state index contributed by atoms with van der Waals surface area (Å²) in [7, 11) is 4.00. The monoisotopic (exact) mass is 264 g/mol. The first-order valence-electron chi connectivity index (χ1n) is 7.16. The van der Waals surface area contributed by atoms with E-state index in [4.69, 9.17) is 4.42 Å². The third kappa shape index (κ3) is 3.83. The molecule has 1 aromatic rings. The van der Waals surface area contributed by atoms with Crippen molar-refractivity contribution in [3.8, 4) is 0 Å². The molecule has 4 heteroatoms. The van der Waals surface area contributed by atoms with Gasteiger partial charge in [-0.15, -0.1) is 0 Å². The smallest absolute Gasteiger partial charge is 0.223 e. The molecule has 0 bridgehead atoms. The number of likely N-dealkylation sites (N-methyl/N-ethyl adjacent to an activating group) is 1. The number of hydrogen-bond acceptors (Lipinski definition) is 3. The van der Waals surface area contributed by atoms with E-state index in [0.29, 0.717) is 6.54 Å². The van der Waals surface area contributed by atoms with Gasteiger partial charge in [0.15, 0.2) is 0 Å². The van der Waals surface area contributed by atoms with Gasteiger partial charge in [0, 0.05) is 12.5 Å². The van der Waals surface area contributed by atoms with Gasteiger partial charge in [0.2, 0.25) is 5.91 Å². The highest BCUT2D eigenvalue weighted by atomic mass is 16.3. The van der Waals surface area contributed by atoms with Crippen LogP contribution in [0.4, 0.5) is 0 Å². The topological polar surface area (TPSA) is 45.5 Å². The van der Waals surface area contributed by atoms with Gasteiger partial charge in [0.25, 0.3) is 0 Å². The summed E-state index contributed by atoms with van der Waals surface area (Å²) in [5.74, 6) is 1.32. The maximum atomic E-state index is 12.1. The summed E-state index contributed by atoms with van der Waals surface area (Å²) in [6.45, 7) is 0.607. The summed E-state index contributed by atoms with van der Waals surface area (Å²) >= 11 is 0. The Kier molecular flexibility index (Phi) is 5.02. The van der Waals surface area contributed by atoms with Crippen LogP contribution in [0.5, 0.6) is 0 Å².